The highest BCUT2D eigenvalue weighted by Crippen LogP contribution is 2.26. The van der Waals surface area contributed by atoms with Crippen LogP contribution in [0.1, 0.15) is 41.3 Å². The zero-order chi connectivity index (χ0) is 15.4. The van der Waals surface area contributed by atoms with Crippen molar-refractivity contribution in [2.24, 2.45) is 0 Å². The first-order chi connectivity index (χ1) is 9.97. The molecule has 0 aliphatic rings. The summed E-state index contributed by atoms with van der Waals surface area (Å²) in [4.78, 5) is 10.8. The smallest absolute Gasteiger partial charge is 0.335 e. The van der Waals surface area contributed by atoms with Crippen molar-refractivity contribution in [3.05, 3.63) is 64.2 Å². The molecule has 0 unspecified atom stereocenters. The standard InChI is InChI=1S/C17H17ClO3/c1-11(2)13-5-3-12(4-6-13)10-21-16-8-7-14(17(19)20)9-15(16)18/h3-9,11H,10H2,1-2H3,(H,19,20). The highest BCUT2D eigenvalue weighted by atomic mass is 35.5. The summed E-state index contributed by atoms with van der Waals surface area (Å²) in [7, 11) is 0. The van der Waals surface area contributed by atoms with Gasteiger partial charge in [-0.05, 0) is 35.2 Å². The number of carboxylic acids is 1. The number of hydrogen-bond donors (Lipinski definition) is 1. The predicted molar refractivity (Wildman–Crippen MR) is 83.3 cm³/mol. The maximum absolute atomic E-state index is 10.8. The quantitative estimate of drug-likeness (QED) is 0.867. The molecule has 0 aromatic heterocycles. The van der Waals surface area contributed by atoms with E-state index in [0.29, 0.717) is 23.3 Å². The molecule has 0 heterocycles. The van der Waals surface area contributed by atoms with E-state index in [1.165, 1.54) is 17.7 Å². The van der Waals surface area contributed by atoms with Crippen LogP contribution in [0.4, 0.5) is 0 Å². The summed E-state index contributed by atoms with van der Waals surface area (Å²) in [5, 5.41) is 9.18. The Morgan fingerprint density at radius 3 is 2.38 bits per heavy atom. The van der Waals surface area contributed by atoms with Gasteiger partial charge in [0.15, 0.2) is 0 Å². The first kappa shape index (κ1) is 15.4. The summed E-state index contributed by atoms with van der Waals surface area (Å²) in [6, 6.07) is 12.7. The van der Waals surface area contributed by atoms with Gasteiger partial charge >= 0.3 is 5.97 Å². The van der Waals surface area contributed by atoms with E-state index in [1.807, 2.05) is 12.1 Å². The van der Waals surface area contributed by atoms with E-state index in [9.17, 15) is 4.79 Å². The van der Waals surface area contributed by atoms with Crippen molar-refractivity contribution in [2.45, 2.75) is 26.4 Å². The van der Waals surface area contributed by atoms with E-state index in [2.05, 4.69) is 26.0 Å². The summed E-state index contributed by atoms with van der Waals surface area (Å²) in [6.45, 7) is 4.69. The third kappa shape index (κ3) is 3.99. The molecule has 0 radical (unpaired) electrons. The fourth-order valence-electron chi connectivity index (χ4n) is 1.91. The van der Waals surface area contributed by atoms with Crippen molar-refractivity contribution in [1.82, 2.24) is 0 Å². The second kappa shape index (κ2) is 6.64. The summed E-state index contributed by atoms with van der Waals surface area (Å²) in [6.07, 6.45) is 0. The molecule has 21 heavy (non-hydrogen) atoms. The molecule has 0 amide bonds. The van der Waals surface area contributed by atoms with Gasteiger partial charge in [-0.15, -0.1) is 0 Å². The number of carbonyl (C=O) groups is 1. The Morgan fingerprint density at radius 1 is 1.19 bits per heavy atom. The third-order valence-corrected chi connectivity index (χ3v) is 3.51. The lowest BCUT2D eigenvalue weighted by Gasteiger charge is -2.10. The Kier molecular flexibility index (Phi) is 4.86. The molecule has 0 aliphatic heterocycles. The number of carboxylic acid groups (broad SMARTS) is 1. The predicted octanol–water partition coefficient (Wildman–Crippen LogP) is 4.74. The lowest BCUT2D eigenvalue weighted by Crippen LogP contribution is -1.99. The van der Waals surface area contributed by atoms with Gasteiger partial charge in [-0.25, -0.2) is 4.79 Å². The van der Waals surface area contributed by atoms with E-state index >= 15 is 0 Å². The minimum atomic E-state index is -1.01. The fraction of sp³-hybridized carbons (Fsp3) is 0.235. The molecule has 0 atom stereocenters. The summed E-state index contributed by atoms with van der Waals surface area (Å²) in [5.41, 5.74) is 2.47. The molecule has 2 rings (SSSR count). The molecule has 0 spiro atoms. The van der Waals surface area contributed by atoms with E-state index in [1.54, 1.807) is 6.07 Å². The van der Waals surface area contributed by atoms with Crippen LogP contribution in [0.5, 0.6) is 5.75 Å². The molecule has 0 bridgehead atoms. The van der Waals surface area contributed by atoms with Crippen LogP contribution in [0.25, 0.3) is 0 Å². The van der Waals surface area contributed by atoms with Crippen molar-refractivity contribution < 1.29 is 14.6 Å². The van der Waals surface area contributed by atoms with E-state index < -0.39 is 5.97 Å². The summed E-state index contributed by atoms with van der Waals surface area (Å²) < 4.78 is 5.63. The zero-order valence-corrected chi connectivity index (χ0v) is 12.7. The molecule has 3 nitrogen and oxygen atoms in total. The van der Waals surface area contributed by atoms with Crippen molar-refractivity contribution in [2.75, 3.05) is 0 Å². The minimum Gasteiger partial charge on any atom is -0.487 e. The van der Waals surface area contributed by atoms with Gasteiger partial charge in [-0.1, -0.05) is 49.7 Å². The van der Waals surface area contributed by atoms with Crippen LogP contribution in [0, 0.1) is 0 Å². The molecule has 4 heteroatoms. The third-order valence-electron chi connectivity index (χ3n) is 3.22. The largest absolute Gasteiger partial charge is 0.487 e. The average molecular weight is 305 g/mol. The average Bonchev–Trinajstić information content (AvgIpc) is 2.46. The molecule has 0 fully saturated rings. The monoisotopic (exact) mass is 304 g/mol. The molecular weight excluding hydrogens is 288 g/mol. The van der Waals surface area contributed by atoms with Crippen molar-refractivity contribution >= 4 is 17.6 Å². The Hall–Kier alpha value is -2.00. The van der Waals surface area contributed by atoms with Gasteiger partial charge in [0.05, 0.1) is 10.6 Å². The fourth-order valence-corrected chi connectivity index (χ4v) is 2.15. The number of hydrogen-bond acceptors (Lipinski definition) is 2. The van der Waals surface area contributed by atoms with Crippen molar-refractivity contribution in [3.8, 4) is 5.75 Å². The second-order valence-electron chi connectivity index (χ2n) is 5.14. The SMILES string of the molecule is CC(C)c1ccc(COc2ccc(C(=O)O)cc2Cl)cc1. The molecule has 2 aromatic carbocycles. The van der Waals surface area contributed by atoms with E-state index in [0.717, 1.165) is 5.56 Å². The van der Waals surface area contributed by atoms with Crippen LogP contribution < -0.4 is 4.74 Å². The molecule has 0 saturated heterocycles. The number of rotatable bonds is 5. The first-order valence-corrected chi connectivity index (χ1v) is 7.09. The van der Waals surface area contributed by atoms with Crippen molar-refractivity contribution in [3.63, 3.8) is 0 Å². The van der Waals surface area contributed by atoms with Crippen molar-refractivity contribution in [1.29, 1.82) is 0 Å². The Balaban J connectivity index is 2.04. The first-order valence-electron chi connectivity index (χ1n) is 6.72. The van der Waals surface area contributed by atoms with E-state index in [-0.39, 0.29) is 5.56 Å². The normalized spacial score (nSPS) is 10.7. The van der Waals surface area contributed by atoms with Gasteiger partial charge in [0.1, 0.15) is 12.4 Å². The molecule has 1 N–H and O–H groups in total. The Morgan fingerprint density at radius 2 is 1.86 bits per heavy atom. The lowest BCUT2D eigenvalue weighted by atomic mass is 10.0. The van der Waals surface area contributed by atoms with Crippen LogP contribution in [-0.2, 0) is 6.61 Å². The highest BCUT2D eigenvalue weighted by molar-refractivity contribution is 6.32. The maximum Gasteiger partial charge on any atom is 0.335 e. The van der Waals surface area contributed by atoms with Crippen LogP contribution in [0.2, 0.25) is 5.02 Å². The number of halogens is 1. The number of aromatic carboxylic acids is 1. The Labute approximate surface area is 129 Å². The van der Waals surface area contributed by atoms with Crippen LogP contribution in [0.3, 0.4) is 0 Å². The van der Waals surface area contributed by atoms with E-state index in [4.69, 9.17) is 21.4 Å². The van der Waals surface area contributed by atoms with Gasteiger partial charge in [-0.2, -0.15) is 0 Å². The van der Waals surface area contributed by atoms with Gasteiger partial charge in [0.2, 0.25) is 0 Å². The lowest BCUT2D eigenvalue weighted by molar-refractivity contribution is 0.0697. The molecule has 2 aromatic rings. The molecular formula is C17H17ClO3. The molecule has 0 aliphatic carbocycles. The highest BCUT2D eigenvalue weighted by Gasteiger charge is 2.08. The molecule has 0 saturated carbocycles. The Bertz CT molecular complexity index is 633. The van der Waals surface area contributed by atoms with Gasteiger partial charge < -0.3 is 9.84 Å². The zero-order valence-electron chi connectivity index (χ0n) is 12.0. The molecule has 110 valence electrons. The summed E-state index contributed by atoms with van der Waals surface area (Å²) in [5.74, 6) is -0.0275. The second-order valence-corrected chi connectivity index (χ2v) is 5.54. The minimum absolute atomic E-state index is 0.147. The van der Waals surface area contributed by atoms with Gasteiger partial charge in [0.25, 0.3) is 0 Å². The number of ether oxygens (including phenoxy) is 1. The van der Waals surface area contributed by atoms with Crippen LogP contribution in [-0.4, -0.2) is 11.1 Å². The van der Waals surface area contributed by atoms with Gasteiger partial charge in [0, 0.05) is 0 Å². The topological polar surface area (TPSA) is 46.5 Å². The maximum atomic E-state index is 10.8. The van der Waals surface area contributed by atoms with Crippen LogP contribution in [0.15, 0.2) is 42.5 Å². The number of benzene rings is 2. The van der Waals surface area contributed by atoms with Crippen LogP contribution >= 0.6 is 11.6 Å². The summed E-state index contributed by atoms with van der Waals surface area (Å²) >= 11 is 6.02. The van der Waals surface area contributed by atoms with Gasteiger partial charge in [-0.3, -0.25) is 0 Å².